The number of rotatable bonds is 7. The maximum atomic E-state index is 13.5. The van der Waals surface area contributed by atoms with E-state index in [2.05, 4.69) is 33.3 Å². The molecule has 5 rings (SSSR count). The molecule has 1 fully saturated rings. The number of Topliss-reactive ketones (excluding diaryl/α,β-unsaturated/α-hetero) is 1. The minimum Gasteiger partial charge on any atom is -0.367 e. The van der Waals surface area contributed by atoms with Crippen molar-refractivity contribution in [2.45, 2.75) is 42.5 Å². The highest BCUT2D eigenvalue weighted by atomic mass is 32.2. The van der Waals surface area contributed by atoms with Crippen LogP contribution in [0.25, 0.3) is 0 Å². The Balaban J connectivity index is 1.22. The number of hydrogen-bond donors (Lipinski definition) is 1. The van der Waals surface area contributed by atoms with Crippen LogP contribution in [-0.2, 0) is 4.79 Å². The highest BCUT2D eigenvalue weighted by Gasteiger charge is 2.43. The lowest BCUT2D eigenvalue weighted by Crippen LogP contribution is -2.46. The number of carbonyl (C=O) groups is 2. The number of nitrogens with zero attached hydrogens (tertiary/aromatic N) is 2. The molecule has 0 spiro atoms. The minimum absolute atomic E-state index is 0.0644. The highest BCUT2D eigenvalue weighted by molar-refractivity contribution is 7.99. The molecule has 0 bridgehead atoms. The lowest BCUT2D eigenvalue weighted by Gasteiger charge is -2.39. The van der Waals surface area contributed by atoms with Gasteiger partial charge in [0.15, 0.2) is 5.78 Å². The Kier molecular flexibility index (Phi) is 6.20. The van der Waals surface area contributed by atoms with Crippen LogP contribution in [0.3, 0.4) is 0 Å². The molecule has 7 heteroatoms. The molecule has 3 heterocycles. The van der Waals surface area contributed by atoms with Gasteiger partial charge < -0.3 is 15.1 Å². The van der Waals surface area contributed by atoms with Crippen LogP contribution in [-0.4, -0.2) is 55.1 Å². The maximum Gasteiger partial charge on any atom is 0.211 e. The van der Waals surface area contributed by atoms with Crippen molar-refractivity contribution in [2.24, 2.45) is 0 Å². The van der Waals surface area contributed by atoms with Gasteiger partial charge in [0, 0.05) is 48.5 Å². The monoisotopic (exact) mass is 453 g/mol. The van der Waals surface area contributed by atoms with Crippen molar-refractivity contribution in [3.05, 3.63) is 53.3 Å². The first-order chi connectivity index (χ1) is 15.7. The predicted molar refractivity (Wildman–Crippen MR) is 126 cm³/mol. The molecule has 0 aromatic heterocycles. The largest absolute Gasteiger partial charge is 0.367 e. The van der Waals surface area contributed by atoms with E-state index in [4.69, 9.17) is 0 Å². The van der Waals surface area contributed by atoms with Gasteiger partial charge in [-0.1, -0.05) is 12.1 Å². The van der Waals surface area contributed by atoms with Crippen LogP contribution in [0, 0.1) is 5.82 Å². The van der Waals surface area contributed by atoms with Gasteiger partial charge >= 0.3 is 0 Å². The summed E-state index contributed by atoms with van der Waals surface area (Å²) < 4.78 is 13.5. The molecule has 3 aliphatic heterocycles. The summed E-state index contributed by atoms with van der Waals surface area (Å²) in [5.74, 6) is 1.20. The molecule has 0 radical (unpaired) electrons. The van der Waals surface area contributed by atoms with Crippen molar-refractivity contribution < 1.29 is 14.0 Å². The second-order valence-electron chi connectivity index (χ2n) is 8.83. The average molecular weight is 454 g/mol. The molecule has 0 unspecified atom stereocenters. The van der Waals surface area contributed by atoms with E-state index in [1.807, 2.05) is 11.8 Å². The SMILES string of the molecule is O=CNc1cc(F)ccc1C(=O)CCCN1CC[C@@H]2[C@H](C1)c1cccc3c1N2CCCS3. The molecular weight excluding hydrogens is 425 g/mol. The average Bonchev–Trinajstić information content (AvgIpc) is 2.95. The molecule has 32 heavy (non-hydrogen) atoms. The van der Waals surface area contributed by atoms with Gasteiger partial charge in [0.05, 0.1) is 11.4 Å². The van der Waals surface area contributed by atoms with Crippen molar-refractivity contribution >= 4 is 35.3 Å². The molecule has 1 saturated heterocycles. The summed E-state index contributed by atoms with van der Waals surface area (Å²) in [6.07, 6.45) is 4.00. The Morgan fingerprint density at radius 3 is 3.03 bits per heavy atom. The van der Waals surface area contributed by atoms with Crippen LogP contribution in [0.4, 0.5) is 15.8 Å². The Bertz CT molecular complexity index is 1030. The van der Waals surface area contributed by atoms with Crippen molar-refractivity contribution in [3.63, 3.8) is 0 Å². The molecule has 3 aliphatic rings. The van der Waals surface area contributed by atoms with E-state index in [1.54, 1.807) is 0 Å². The molecule has 2 atom stereocenters. The Labute approximate surface area is 192 Å². The van der Waals surface area contributed by atoms with Crippen LogP contribution in [0.5, 0.6) is 0 Å². The molecule has 1 amide bonds. The van der Waals surface area contributed by atoms with E-state index < -0.39 is 5.82 Å². The number of nitrogens with one attached hydrogen (secondary N) is 1. The molecule has 168 valence electrons. The summed E-state index contributed by atoms with van der Waals surface area (Å²) in [5, 5.41) is 2.44. The van der Waals surface area contributed by atoms with Crippen LogP contribution < -0.4 is 10.2 Å². The molecule has 1 N–H and O–H groups in total. The first-order valence-electron chi connectivity index (χ1n) is 11.4. The quantitative estimate of drug-likeness (QED) is 0.493. The number of likely N-dealkylation sites (tertiary alicyclic amines) is 1. The number of ketones is 1. The van der Waals surface area contributed by atoms with Gasteiger partial charge in [0.2, 0.25) is 6.41 Å². The third kappa shape index (κ3) is 4.04. The minimum atomic E-state index is -0.471. The zero-order chi connectivity index (χ0) is 22.1. The van der Waals surface area contributed by atoms with E-state index >= 15 is 0 Å². The predicted octanol–water partition coefficient (Wildman–Crippen LogP) is 4.53. The van der Waals surface area contributed by atoms with Crippen LogP contribution in [0.2, 0.25) is 0 Å². The maximum absolute atomic E-state index is 13.5. The summed E-state index contributed by atoms with van der Waals surface area (Å²) >= 11 is 1.99. The number of amides is 1. The Hall–Kier alpha value is -2.38. The molecule has 2 aromatic carbocycles. The van der Waals surface area contributed by atoms with Gasteiger partial charge in [0.1, 0.15) is 5.82 Å². The van der Waals surface area contributed by atoms with Gasteiger partial charge in [-0.05, 0) is 61.4 Å². The summed E-state index contributed by atoms with van der Waals surface area (Å²) in [5.41, 5.74) is 3.59. The van der Waals surface area contributed by atoms with Crippen molar-refractivity contribution in [1.82, 2.24) is 4.90 Å². The summed E-state index contributed by atoms with van der Waals surface area (Å²) in [7, 11) is 0. The van der Waals surface area contributed by atoms with Crippen LogP contribution in [0.15, 0.2) is 41.3 Å². The molecular formula is C25H28FN3O2S. The first kappa shape index (κ1) is 21.5. The zero-order valence-electron chi connectivity index (χ0n) is 18.1. The fraction of sp³-hybridized carbons (Fsp3) is 0.440. The van der Waals surface area contributed by atoms with Crippen LogP contribution in [0.1, 0.15) is 47.5 Å². The van der Waals surface area contributed by atoms with E-state index in [9.17, 15) is 14.0 Å². The van der Waals surface area contributed by atoms with Crippen LogP contribution >= 0.6 is 11.8 Å². The molecule has 5 nitrogen and oxygen atoms in total. The highest BCUT2D eigenvalue weighted by Crippen LogP contribution is 2.50. The van der Waals surface area contributed by atoms with Gasteiger partial charge in [-0.25, -0.2) is 4.39 Å². The Morgan fingerprint density at radius 2 is 2.16 bits per heavy atom. The summed E-state index contributed by atoms with van der Waals surface area (Å²) in [4.78, 5) is 30.1. The number of hydrogen-bond acceptors (Lipinski definition) is 5. The fourth-order valence-corrected chi connectivity index (χ4v) is 6.59. The van der Waals surface area contributed by atoms with Gasteiger partial charge in [-0.3, -0.25) is 9.59 Å². The number of halogens is 1. The number of piperidine rings is 1. The molecule has 0 aliphatic carbocycles. The number of carbonyl (C=O) groups excluding carboxylic acids is 2. The van der Waals surface area contributed by atoms with Gasteiger partial charge in [0.25, 0.3) is 0 Å². The Morgan fingerprint density at radius 1 is 1.25 bits per heavy atom. The van der Waals surface area contributed by atoms with Crippen molar-refractivity contribution in [3.8, 4) is 0 Å². The normalized spacial score (nSPS) is 22.1. The summed E-state index contributed by atoms with van der Waals surface area (Å²) in [6.45, 7) is 4.11. The zero-order valence-corrected chi connectivity index (χ0v) is 18.9. The molecule has 2 aromatic rings. The number of benzene rings is 2. The van der Waals surface area contributed by atoms with E-state index in [0.29, 0.717) is 30.4 Å². The standard InChI is InChI=1S/C25H28FN3O2S/c26-17-7-8-19(21(14-17)27-16-30)23(31)5-2-10-28-12-9-22-20(15-28)18-4-1-6-24-25(18)29(22)11-3-13-32-24/h1,4,6-8,14,16,20,22H,2-3,5,9-13,15H2,(H,27,30)/t20-,22-/m1/s1. The second-order valence-corrected chi connectivity index (χ2v) is 9.97. The topological polar surface area (TPSA) is 52.7 Å². The van der Waals surface area contributed by atoms with Gasteiger partial charge in [-0.2, -0.15) is 0 Å². The fourth-order valence-electron chi connectivity index (χ4n) is 5.55. The smallest absolute Gasteiger partial charge is 0.211 e. The third-order valence-corrected chi connectivity index (χ3v) is 8.09. The van der Waals surface area contributed by atoms with Crippen molar-refractivity contribution in [1.29, 1.82) is 0 Å². The summed E-state index contributed by atoms with van der Waals surface area (Å²) in [6, 6.07) is 11.3. The number of thioether (sulfide) groups is 1. The number of para-hydroxylation sites is 1. The molecule has 0 saturated carbocycles. The first-order valence-corrected chi connectivity index (χ1v) is 12.4. The lowest BCUT2D eigenvalue weighted by molar-refractivity contribution is -0.105. The van der Waals surface area contributed by atoms with Gasteiger partial charge in [-0.15, -0.1) is 11.8 Å². The lowest BCUT2D eigenvalue weighted by atomic mass is 9.89. The van der Waals surface area contributed by atoms with E-state index in [0.717, 1.165) is 39.0 Å². The van der Waals surface area contributed by atoms with E-state index in [-0.39, 0.29) is 11.5 Å². The van der Waals surface area contributed by atoms with E-state index in [1.165, 1.54) is 46.5 Å². The third-order valence-electron chi connectivity index (χ3n) is 6.95. The van der Waals surface area contributed by atoms with Crippen molar-refractivity contribution in [2.75, 3.05) is 42.1 Å². The number of fused-ring (bicyclic) bond motifs is 3. The second kappa shape index (κ2) is 9.24. The number of anilines is 2.